The second kappa shape index (κ2) is 27.5. The largest absolute Gasteiger partial charge is 0.488 e. The number of rotatable bonds is 25. The van der Waals surface area contributed by atoms with Gasteiger partial charge >= 0.3 is 6.18 Å². The van der Waals surface area contributed by atoms with Gasteiger partial charge in [0, 0.05) is 93.9 Å². The lowest BCUT2D eigenvalue weighted by Gasteiger charge is -2.29. The number of alkyl halides is 3. The molecule has 4 aliphatic rings. The van der Waals surface area contributed by atoms with Crippen LogP contribution in [0.25, 0.3) is 0 Å². The number of carbonyl (C=O) groups excluding carboxylic acids is 6. The van der Waals surface area contributed by atoms with Crippen molar-refractivity contribution in [3.8, 4) is 5.75 Å². The number of ether oxygens (including phenoxy) is 5. The topological polar surface area (TPSA) is 252 Å². The molecule has 3 aromatic rings. The van der Waals surface area contributed by atoms with E-state index in [9.17, 15) is 46.3 Å². The van der Waals surface area contributed by atoms with Gasteiger partial charge in [-0.15, -0.1) is 0 Å². The zero-order valence-electron chi connectivity index (χ0n) is 43.8. The number of likely N-dealkylation sites (tertiary alicyclic amines) is 1. The average molecular weight is 1100 g/mol. The Morgan fingerprint density at radius 2 is 1.56 bits per heavy atom. The third-order valence-electron chi connectivity index (χ3n) is 14.9. The van der Waals surface area contributed by atoms with Gasteiger partial charge in [0.25, 0.3) is 11.8 Å². The molecule has 24 heteroatoms. The first kappa shape index (κ1) is 59.3. The van der Waals surface area contributed by atoms with Crippen molar-refractivity contribution in [1.82, 2.24) is 30.8 Å². The van der Waals surface area contributed by atoms with Crippen molar-refractivity contribution in [1.29, 1.82) is 0 Å². The second-order valence-corrected chi connectivity index (χ2v) is 20.4. The molecule has 426 valence electrons. The summed E-state index contributed by atoms with van der Waals surface area (Å²) in [5.74, 6) is -8.09. The fraction of sp³-hybridized carbons (Fsp3) is 0.593. The van der Waals surface area contributed by atoms with Gasteiger partial charge in [-0.2, -0.15) is 17.6 Å². The molecule has 4 fully saturated rings. The number of nitrogens with one attached hydrogen (secondary N) is 4. The summed E-state index contributed by atoms with van der Waals surface area (Å²) in [6.07, 6.45) is 4.33. The van der Waals surface area contributed by atoms with Crippen molar-refractivity contribution in [2.45, 2.75) is 138 Å². The maximum Gasteiger partial charge on any atom is 0.417 e. The van der Waals surface area contributed by atoms with E-state index in [1.807, 2.05) is 6.07 Å². The number of nitrogens with two attached hydrogens (primary N) is 1. The number of halogens is 5. The van der Waals surface area contributed by atoms with E-state index in [4.69, 9.17) is 29.4 Å². The van der Waals surface area contributed by atoms with Crippen molar-refractivity contribution < 1.29 is 74.4 Å². The molecule has 19 nitrogen and oxygen atoms in total. The molecule has 78 heavy (non-hydrogen) atoms. The van der Waals surface area contributed by atoms with E-state index in [1.165, 1.54) is 6.07 Å². The molecule has 2 aliphatic carbocycles. The molecule has 0 unspecified atom stereocenters. The van der Waals surface area contributed by atoms with Crippen LogP contribution >= 0.6 is 0 Å². The maximum atomic E-state index is 15.3. The Bertz CT molecular complexity index is 2550. The van der Waals surface area contributed by atoms with E-state index < -0.39 is 65.3 Å². The number of hydrogen-bond acceptors (Lipinski definition) is 13. The van der Waals surface area contributed by atoms with Crippen LogP contribution in [0.15, 0.2) is 55.0 Å². The van der Waals surface area contributed by atoms with E-state index in [-0.39, 0.29) is 97.0 Å². The smallest absolute Gasteiger partial charge is 0.417 e. The van der Waals surface area contributed by atoms with E-state index in [0.717, 1.165) is 62.6 Å². The molecular weight excluding hydrogens is 1030 g/mol. The van der Waals surface area contributed by atoms with Crippen LogP contribution in [0.4, 0.5) is 27.6 Å². The molecule has 0 bridgehead atoms. The lowest BCUT2D eigenvalue weighted by atomic mass is 9.85. The zero-order chi connectivity index (χ0) is 56.0. The van der Waals surface area contributed by atoms with Crippen LogP contribution in [0.1, 0.15) is 124 Å². The van der Waals surface area contributed by atoms with Crippen LogP contribution in [0.2, 0.25) is 0 Å². The molecule has 0 spiro atoms. The molecule has 7 rings (SSSR count). The molecule has 6 amide bonds. The molecule has 4 heterocycles. The van der Waals surface area contributed by atoms with Gasteiger partial charge in [-0.3, -0.25) is 38.7 Å². The SMILES string of the molecule is CN1C(=O)C[C@H](C(=O)NCCOC2CCC(OCCCC(=O)NC3CCC(C(=O)NCCCOCCOc4c([C@@H]5C[C@](C)(C(F)(F)F)O[C@H]5C(=O)Nc5ccnc(C(N)=O)c5)ccc(F)c4F)CC3)CC2)[C@H]1c1cccnc1. The standard InChI is InChI=1S/C54H69F5N8O11/c1-53(54(57,58)59)30-40(48(78-53)52(73)66-35-18-21-62-42(28-35)49(60)70)38-16-17-41(55)45(56)47(38)77-27-26-74-23-5-20-63-50(71)32-8-10-34(11-9-32)65-43(68)7-4-24-75-36-12-14-37(15-13-36)76-25-22-64-51(72)39-29-44(69)67(2)46(39)33-6-3-19-61-31-33/h3,6,16-19,21,28,31-32,34,36-37,39-40,46,48H,4-5,7-15,20,22-27,29-30H2,1-2H3,(H2,60,70)(H,63,71)(H,64,72)(H,65,68)(H,62,66,73)/t32?,34?,36?,37?,39-,40-,46+,48+,53+/m0/s1. The van der Waals surface area contributed by atoms with Crippen LogP contribution < -0.4 is 31.7 Å². The normalized spacial score (nSPS) is 25.3. The number of nitrogens with zero attached hydrogens (tertiary/aromatic N) is 3. The third kappa shape index (κ3) is 15.7. The number of hydrogen-bond donors (Lipinski definition) is 5. The van der Waals surface area contributed by atoms with Crippen molar-refractivity contribution in [2.24, 2.45) is 17.6 Å². The Morgan fingerprint density at radius 3 is 2.26 bits per heavy atom. The highest BCUT2D eigenvalue weighted by Crippen LogP contribution is 2.51. The lowest BCUT2D eigenvalue weighted by molar-refractivity contribution is -0.261. The Balaban J connectivity index is 0.722. The van der Waals surface area contributed by atoms with Crippen molar-refractivity contribution in [3.05, 3.63) is 83.4 Å². The van der Waals surface area contributed by atoms with Crippen LogP contribution in [0.3, 0.4) is 0 Å². The molecule has 2 saturated heterocycles. The first-order valence-electron chi connectivity index (χ1n) is 26.5. The van der Waals surface area contributed by atoms with Crippen LogP contribution in [-0.2, 0) is 42.9 Å². The summed E-state index contributed by atoms with van der Waals surface area (Å²) in [6, 6.07) is 7.43. The van der Waals surface area contributed by atoms with Gasteiger partial charge in [0.2, 0.25) is 29.4 Å². The number of primary amides is 1. The summed E-state index contributed by atoms with van der Waals surface area (Å²) >= 11 is 0. The van der Waals surface area contributed by atoms with E-state index in [0.29, 0.717) is 71.2 Å². The van der Waals surface area contributed by atoms with Gasteiger partial charge in [0.05, 0.1) is 37.4 Å². The summed E-state index contributed by atoms with van der Waals surface area (Å²) in [4.78, 5) is 85.7. The van der Waals surface area contributed by atoms with Crippen molar-refractivity contribution >= 4 is 41.1 Å². The predicted octanol–water partition coefficient (Wildman–Crippen LogP) is 5.72. The average Bonchev–Trinajstić information content (AvgIpc) is 4.02. The molecule has 0 radical (unpaired) electrons. The molecule has 2 aliphatic heterocycles. The Kier molecular flexibility index (Phi) is 20.9. The summed E-state index contributed by atoms with van der Waals surface area (Å²) in [5.41, 5.74) is 2.74. The van der Waals surface area contributed by atoms with Crippen molar-refractivity contribution in [2.75, 3.05) is 58.5 Å². The minimum atomic E-state index is -4.96. The first-order chi connectivity index (χ1) is 37.3. The number of amides is 6. The van der Waals surface area contributed by atoms with Crippen LogP contribution in [0.5, 0.6) is 5.75 Å². The van der Waals surface area contributed by atoms with E-state index in [2.05, 4.69) is 31.2 Å². The van der Waals surface area contributed by atoms with E-state index >= 15 is 4.39 Å². The zero-order valence-corrected chi connectivity index (χ0v) is 43.8. The minimum Gasteiger partial charge on any atom is -0.488 e. The van der Waals surface area contributed by atoms with Crippen molar-refractivity contribution in [3.63, 3.8) is 0 Å². The Morgan fingerprint density at radius 1 is 0.846 bits per heavy atom. The summed E-state index contributed by atoms with van der Waals surface area (Å²) < 4.78 is 101. The monoisotopic (exact) mass is 1100 g/mol. The lowest BCUT2D eigenvalue weighted by Crippen LogP contribution is -2.43. The highest BCUT2D eigenvalue weighted by molar-refractivity contribution is 5.97. The van der Waals surface area contributed by atoms with Crippen LogP contribution in [0, 0.1) is 23.5 Å². The van der Waals surface area contributed by atoms with Gasteiger partial charge in [-0.1, -0.05) is 12.1 Å². The van der Waals surface area contributed by atoms with Gasteiger partial charge in [0.1, 0.15) is 18.4 Å². The van der Waals surface area contributed by atoms with Crippen LogP contribution in [-0.4, -0.2) is 140 Å². The Hall–Kier alpha value is -6.37. The van der Waals surface area contributed by atoms with Gasteiger partial charge in [0.15, 0.2) is 17.2 Å². The molecular formula is C54H69F5N8O11. The van der Waals surface area contributed by atoms with E-state index in [1.54, 1.807) is 30.4 Å². The number of aromatic nitrogens is 2. The molecule has 2 saturated carbocycles. The third-order valence-corrected chi connectivity index (χ3v) is 14.9. The predicted molar refractivity (Wildman–Crippen MR) is 270 cm³/mol. The quantitative estimate of drug-likeness (QED) is 0.0504. The van der Waals surface area contributed by atoms with Gasteiger partial charge in [-0.05, 0) is 107 Å². The summed E-state index contributed by atoms with van der Waals surface area (Å²) in [6.45, 7) is 1.90. The molecule has 2 aromatic heterocycles. The maximum absolute atomic E-state index is 15.3. The highest BCUT2D eigenvalue weighted by Gasteiger charge is 2.61. The molecule has 6 N–H and O–H groups in total. The number of anilines is 1. The second-order valence-electron chi connectivity index (χ2n) is 20.4. The summed E-state index contributed by atoms with van der Waals surface area (Å²) in [5, 5.41) is 11.3. The fourth-order valence-corrected chi connectivity index (χ4v) is 10.6. The number of carbonyl (C=O) groups is 6. The summed E-state index contributed by atoms with van der Waals surface area (Å²) in [7, 11) is 1.71. The minimum absolute atomic E-state index is 0.0193. The molecule has 1 aromatic carbocycles. The highest BCUT2D eigenvalue weighted by atomic mass is 19.4. The van der Waals surface area contributed by atoms with Gasteiger partial charge in [-0.25, -0.2) is 4.39 Å². The fourth-order valence-electron chi connectivity index (χ4n) is 10.6. The number of pyridine rings is 2. The number of benzene rings is 1. The first-order valence-corrected chi connectivity index (χ1v) is 26.5. The van der Waals surface area contributed by atoms with Gasteiger partial charge < -0.3 is 55.6 Å². The Labute approximate surface area is 448 Å². The molecule has 5 atom stereocenters.